The van der Waals surface area contributed by atoms with Gasteiger partial charge in [0.15, 0.2) is 5.69 Å². The van der Waals surface area contributed by atoms with Gasteiger partial charge in [-0.15, -0.1) is 0 Å². The number of benzene rings is 1. The van der Waals surface area contributed by atoms with Crippen molar-refractivity contribution in [3.63, 3.8) is 0 Å². The normalized spacial score (nSPS) is 24.2. The number of aryl methyl sites for hydroxylation is 1. The molecule has 0 radical (unpaired) electrons. The second-order valence-electron chi connectivity index (χ2n) is 7.45. The smallest absolute Gasteiger partial charge is 0.370 e. The molecule has 1 saturated carbocycles. The van der Waals surface area contributed by atoms with E-state index in [0.717, 1.165) is 31.7 Å². The Hall–Kier alpha value is -2.64. The van der Waals surface area contributed by atoms with Crippen LogP contribution in [0.25, 0.3) is 5.78 Å². The average molecular weight is 373 g/mol. The predicted octanol–water partition coefficient (Wildman–Crippen LogP) is 3.85. The summed E-state index contributed by atoms with van der Waals surface area (Å²) in [6.07, 6.45) is 1.16. The van der Waals surface area contributed by atoms with Crippen molar-refractivity contribution >= 4 is 11.6 Å². The minimum absolute atomic E-state index is 0.0548. The molecule has 2 aromatic heterocycles. The van der Waals surface area contributed by atoms with Gasteiger partial charge in [0.25, 0.3) is 5.78 Å². The maximum Gasteiger partial charge on any atom is 0.433 e. The molecule has 2 aliphatic carbocycles. The summed E-state index contributed by atoms with van der Waals surface area (Å²) in [6, 6.07) is 9.55. The van der Waals surface area contributed by atoms with E-state index in [-0.39, 0.29) is 17.0 Å². The van der Waals surface area contributed by atoms with Crippen LogP contribution in [0.15, 0.2) is 36.7 Å². The van der Waals surface area contributed by atoms with Crippen LogP contribution >= 0.6 is 0 Å². The topological polar surface area (TPSA) is 55.1 Å². The van der Waals surface area contributed by atoms with Crippen LogP contribution in [0.5, 0.6) is 0 Å². The lowest BCUT2D eigenvalue weighted by Crippen LogP contribution is -2.22. The van der Waals surface area contributed by atoms with Crippen LogP contribution in [0.4, 0.5) is 19.0 Å². The van der Waals surface area contributed by atoms with Gasteiger partial charge in [-0.3, -0.25) is 0 Å². The molecule has 0 aliphatic heterocycles. The van der Waals surface area contributed by atoms with Gasteiger partial charge in [0.1, 0.15) is 12.1 Å². The van der Waals surface area contributed by atoms with Crippen LogP contribution in [0.3, 0.4) is 0 Å². The molecule has 5 nitrogen and oxygen atoms in total. The summed E-state index contributed by atoms with van der Waals surface area (Å²) < 4.78 is 40.7. The summed E-state index contributed by atoms with van der Waals surface area (Å²) in [4.78, 5) is 7.36. The highest BCUT2D eigenvalue weighted by Crippen LogP contribution is 2.60. The van der Waals surface area contributed by atoms with Crippen LogP contribution in [-0.2, 0) is 18.0 Å². The van der Waals surface area contributed by atoms with E-state index in [9.17, 15) is 13.2 Å². The molecule has 27 heavy (non-hydrogen) atoms. The quantitative estimate of drug-likeness (QED) is 0.758. The number of alkyl halides is 3. The van der Waals surface area contributed by atoms with Gasteiger partial charge in [-0.2, -0.15) is 27.8 Å². The number of rotatable bonds is 3. The number of hydrogen-bond acceptors (Lipinski definition) is 4. The number of fused-ring (bicyclic) bond motifs is 3. The lowest BCUT2D eigenvalue weighted by molar-refractivity contribution is -0.141. The van der Waals surface area contributed by atoms with Gasteiger partial charge in [-0.25, -0.2) is 4.98 Å². The van der Waals surface area contributed by atoms with Crippen LogP contribution in [0, 0.1) is 5.92 Å². The third kappa shape index (κ3) is 2.65. The van der Waals surface area contributed by atoms with Gasteiger partial charge in [-0.1, -0.05) is 24.3 Å². The lowest BCUT2D eigenvalue weighted by atomic mass is 9.78. The maximum absolute atomic E-state index is 13.1. The van der Waals surface area contributed by atoms with E-state index in [1.165, 1.54) is 22.0 Å². The predicted molar refractivity (Wildman–Crippen MR) is 93.4 cm³/mol. The standard InChI is InChI=1S/C19H18F3N5/c20-19(21,22)15-8-16(27-17(26-15)24-11-25-27)23-10-13-9-18(13)7-3-5-12-4-1-2-6-14(12)18/h1-2,4,6,8,11,13,23H,3,5,7,9-10H2. The third-order valence-electron chi connectivity index (χ3n) is 5.93. The summed E-state index contributed by atoms with van der Waals surface area (Å²) in [5, 5.41) is 7.16. The second-order valence-corrected chi connectivity index (χ2v) is 7.45. The molecule has 2 unspecified atom stereocenters. The molecule has 8 heteroatoms. The highest BCUT2D eigenvalue weighted by Gasteiger charge is 2.56. The first-order valence-corrected chi connectivity index (χ1v) is 9.08. The van der Waals surface area contributed by atoms with Crippen LogP contribution < -0.4 is 5.32 Å². The molecule has 1 N–H and O–H groups in total. The Labute approximate surface area is 153 Å². The Bertz CT molecular complexity index is 1010. The molecule has 1 fully saturated rings. The Morgan fingerprint density at radius 2 is 2.11 bits per heavy atom. The van der Waals surface area contributed by atoms with E-state index >= 15 is 0 Å². The number of nitrogens with one attached hydrogen (secondary N) is 1. The molecule has 140 valence electrons. The van der Waals surface area contributed by atoms with Crippen LogP contribution in [0.1, 0.15) is 36.1 Å². The summed E-state index contributed by atoms with van der Waals surface area (Å²) >= 11 is 0. The van der Waals surface area contributed by atoms with Crippen LogP contribution in [-0.4, -0.2) is 26.1 Å². The van der Waals surface area contributed by atoms with Gasteiger partial charge < -0.3 is 5.32 Å². The van der Waals surface area contributed by atoms with Gasteiger partial charge >= 0.3 is 6.18 Å². The van der Waals surface area contributed by atoms with Crippen molar-refractivity contribution in [2.75, 3.05) is 11.9 Å². The summed E-state index contributed by atoms with van der Waals surface area (Å²) in [7, 11) is 0. The van der Waals surface area contributed by atoms with Crippen molar-refractivity contribution in [2.24, 2.45) is 5.92 Å². The zero-order chi connectivity index (χ0) is 18.6. The van der Waals surface area contributed by atoms with E-state index in [1.807, 2.05) is 0 Å². The van der Waals surface area contributed by atoms with E-state index in [1.54, 1.807) is 0 Å². The first kappa shape index (κ1) is 16.5. The maximum atomic E-state index is 13.1. The van der Waals surface area contributed by atoms with E-state index < -0.39 is 11.9 Å². The summed E-state index contributed by atoms with van der Waals surface area (Å²) in [5.74, 6) is 0.622. The lowest BCUT2D eigenvalue weighted by Gasteiger charge is -2.27. The highest BCUT2D eigenvalue weighted by molar-refractivity contribution is 5.47. The molecule has 0 amide bonds. The minimum atomic E-state index is -4.52. The molecule has 5 rings (SSSR count). The highest BCUT2D eigenvalue weighted by atomic mass is 19.4. The van der Waals surface area contributed by atoms with Crippen molar-refractivity contribution in [3.05, 3.63) is 53.5 Å². The Morgan fingerprint density at radius 3 is 2.96 bits per heavy atom. The number of nitrogens with zero attached hydrogens (tertiary/aromatic N) is 4. The fourth-order valence-corrected chi connectivity index (χ4v) is 4.55. The van der Waals surface area contributed by atoms with Crippen molar-refractivity contribution in [2.45, 2.75) is 37.3 Å². The molecule has 3 aromatic rings. The number of hydrogen-bond donors (Lipinski definition) is 1. The molecular formula is C19H18F3N5. The van der Waals surface area contributed by atoms with Crippen molar-refractivity contribution in [1.82, 2.24) is 19.6 Å². The first-order chi connectivity index (χ1) is 13.0. The second kappa shape index (κ2) is 5.68. The van der Waals surface area contributed by atoms with Gasteiger partial charge in [0, 0.05) is 18.0 Å². The Morgan fingerprint density at radius 1 is 1.26 bits per heavy atom. The van der Waals surface area contributed by atoms with Gasteiger partial charge in [0.2, 0.25) is 0 Å². The van der Waals surface area contributed by atoms with E-state index in [0.29, 0.717) is 12.5 Å². The number of anilines is 1. The summed E-state index contributed by atoms with van der Waals surface area (Å²) in [5.41, 5.74) is 2.04. The molecule has 2 atom stereocenters. The Balaban J connectivity index is 1.40. The van der Waals surface area contributed by atoms with Crippen molar-refractivity contribution < 1.29 is 13.2 Å². The zero-order valence-electron chi connectivity index (χ0n) is 14.5. The molecule has 0 bridgehead atoms. The molecule has 2 aliphatic rings. The van der Waals surface area contributed by atoms with E-state index in [2.05, 4.69) is 44.6 Å². The average Bonchev–Trinajstić information content (AvgIpc) is 3.10. The van der Waals surface area contributed by atoms with Gasteiger partial charge in [0.05, 0.1) is 0 Å². The van der Waals surface area contributed by atoms with Crippen LogP contribution in [0.2, 0.25) is 0 Å². The fraction of sp³-hybridized carbons (Fsp3) is 0.421. The Kier molecular flexibility index (Phi) is 3.47. The largest absolute Gasteiger partial charge is 0.433 e. The number of aromatic nitrogens is 4. The molecule has 2 heterocycles. The fourth-order valence-electron chi connectivity index (χ4n) is 4.55. The molecule has 0 saturated heterocycles. The van der Waals surface area contributed by atoms with Crippen molar-refractivity contribution in [3.8, 4) is 0 Å². The first-order valence-electron chi connectivity index (χ1n) is 9.08. The number of halogens is 3. The SMILES string of the molecule is FC(F)(F)c1cc(NCC2CC23CCCc2ccccc23)n2ncnc2n1. The monoisotopic (exact) mass is 373 g/mol. The van der Waals surface area contributed by atoms with E-state index in [4.69, 9.17) is 0 Å². The molecule has 1 aromatic carbocycles. The molecular weight excluding hydrogens is 355 g/mol. The zero-order valence-corrected chi connectivity index (χ0v) is 14.5. The summed E-state index contributed by atoms with van der Waals surface area (Å²) in [6.45, 7) is 0.602. The third-order valence-corrected chi connectivity index (χ3v) is 5.93. The van der Waals surface area contributed by atoms with Gasteiger partial charge in [-0.05, 0) is 42.7 Å². The van der Waals surface area contributed by atoms with Crippen molar-refractivity contribution in [1.29, 1.82) is 0 Å². The minimum Gasteiger partial charge on any atom is -0.370 e. The molecule has 1 spiro atoms.